The van der Waals surface area contributed by atoms with E-state index in [2.05, 4.69) is 15.1 Å². The summed E-state index contributed by atoms with van der Waals surface area (Å²) in [6.07, 6.45) is 0.627. The Labute approximate surface area is 178 Å². The predicted molar refractivity (Wildman–Crippen MR) is 115 cm³/mol. The van der Waals surface area contributed by atoms with E-state index >= 15 is 0 Å². The molecule has 0 bridgehead atoms. The van der Waals surface area contributed by atoms with Gasteiger partial charge in [-0.3, -0.25) is 9.10 Å². The summed E-state index contributed by atoms with van der Waals surface area (Å²) in [5.74, 6) is 0.337. The number of anilines is 2. The molecule has 29 heavy (non-hydrogen) atoms. The lowest BCUT2D eigenvalue weighted by Gasteiger charge is -2.25. The van der Waals surface area contributed by atoms with E-state index in [1.807, 2.05) is 6.07 Å². The Balaban J connectivity index is 1.39. The number of carbonyl (C=O) groups is 1. The maximum Gasteiger partial charge on any atom is 0.234 e. The fourth-order valence-corrected chi connectivity index (χ4v) is 6.29. The molecule has 0 N–H and O–H groups in total. The molecule has 0 aliphatic carbocycles. The van der Waals surface area contributed by atoms with Crippen LogP contribution in [0.1, 0.15) is 22.8 Å². The van der Waals surface area contributed by atoms with Gasteiger partial charge >= 0.3 is 0 Å². The Kier molecular flexibility index (Phi) is 6.09. The van der Waals surface area contributed by atoms with Crippen LogP contribution in [0.5, 0.6) is 0 Å². The quantitative estimate of drug-likeness (QED) is 0.464. The molecule has 2 aromatic rings. The van der Waals surface area contributed by atoms with Crippen LogP contribution in [0.15, 0.2) is 22.5 Å². The number of Topliss-reactive ketones (excluding diaryl/α,β-unsaturated/α-hetero) is 1. The topological polar surface area (TPSA) is 92.7 Å². The average molecular weight is 455 g/mol. The molecule has 4 rings (SSSR count). The van der Waals surface area contributed by atoms with Crippen molar-refractivity contribution in [2.45, 2.75) is 17.7 Å². The number of morpholine rings is 1. The summed E-state index contributed by atoms with van der Waals surface area (Å²) in [6.45, 7) is 5.06. The lowest BCUT2D eigenvalue weighted by atomic mass is 10.1. The van der Waals surface area contributed by atoms with Crippen LogP contribution in [0.2, 0.25) is 0 Å². The molecule has 1 saturated heterocycles. The zero-order valence-electron chi connectivity index (χ0n) is 16.0. The maximum absolute atomic E-state index is 12.6. The van der Waals surface area contributed by atoms with E-state index in [-0.39, 0.29) is 17.3 Å². The summed E-state index contributed by atoms with van der Waals surface area (Å²) in [7, 11) is -3.28. The fourth-order valence-electron chi connectivity index (χ4n) is 3.34. The van der Waals surface area contributed by atoms with Crippen molar-refractivity contribution in [3.05, 3.63) is 29.3 Å². The van der Waals surface area contributed by atoms with Crippen molar-refractivity contribution in [2.24, 2.45) is 0 Å². The summed E-state index contributed by atoms with van der Waals surface area (Å²) in [5, 5.41) is 9.27. The van der Waals surface area contributed by atoms with Gasteiger partial charge in [-0.05, 0) is 37.1 Å². The maximum atomic E-state index is 12.6. The summed E-state index contributed by atoms with van der Waals surface area (Å²) >= 11 is 2.87. The van der Waals surface area contributed by atoms with Crippen LogP contribution in [0.4, 0.5) is 10.8 Å². The van der Waals surface area contributed by atoms with Gasteiger partial charge in [-0.25, -0.2) is 8.42 Å². The van der Waals surface area contributed by atoms with Gasteiger partial charge in [-0.2, -0.15) is 0 Å². The van der Waals surface area contributed by atoms with E-state index in [0.717, 1.165) is 28.1 Å². The van der Waals surface area contributed by atoms with Crippen LogP contribution in [-0.4, -0.2) is 68.8 Å². The molecule has 3 heterocycles. The molecule has 0 amide bonds. The lowest BCUT2D eigenvalue weighted by Crippen LogP contribution is -2.36. The molecule has 0 atom stereocenters. The van der Waals surface area contributed by atoms with Crippen molar-refractivity contribution in [3.8, 4) is 0 Å². The van der Waals surface area contributed by atoms with Crippen LogP contribution in [0.3, 0.4) is 0 Å². The number of rotatable bonds is 7. The summed E-state index contributed by atoms with van der Waals surface area (Å²) in [5.41, 5.74) is 2.20. The van der Waals surface area contributed by atoms with Gasteiger partial charge in [0.05, 0.1) is 30.4 Å². The summed E-state index contributed by atoms with van der Waals surface area (Å²) in [4.78, 5) is 14.8. The summed E-state index contributed by atoms with van der Waals surface area (Å²) in [6, 6.07) is 5.28. The molecule has 8 nitrogen and oxygen atoms in total. The number of sulfonamides is 1. The standard InChI is InChI=1S/C18H22N4O4S3/c1-2-29(24,25)22-6-5-13-11-14(3-4-15(13)22)16(23)12-27-18-20-19-17(28-18)21-7-9-26-10-8-21/h3-4,11H,2,5-10,12H2,1H3. The number of carbonyl (C=O) groups excluding carboxylic acids is 1. The van der Waals surface area contributed by atoms with Crippen molar-refractivity contribution in [2.75, 3.05) is 53.6 Å². The van der Waals surface area contributed by atoms with Gasteiger partial charge in [0.25, 0.3) is 0 Å². The van der Waals surface area contributed by atoms with Crippen LogP contribution in [0, 0.1) is 0 Å². The fraction of sp³-hybridized carbons (Fsp3) is 0.500. The highest BCUT2D eigenvalue weighted by Crippen LogP contribution is 2.32. The SMILES string of the molecule is CCS(=O)(=O)N1CCc2cc(C(=O)CSc3nnc(N4CCOCC4)s3)ccc21. The minimum absolute atomic E-state index is 0.00211. The number of fused-ring (bicyclic) bond motifs is 1. The molecule has 1 aromatic heterocycles. The number of benzene rings is 1. The Morgan fingerprint density at radius 1 is 1.24 bits per heavy atom. The van der Waals surface area contributed by atoms with Gasteiger partial charge in [0.2, 0.25) is 15.2 Å². The first kappa shape index (κ1) is 20.6. The van der Waals surface area contributed by atoms with E-state index in [4.69, 9.17) is 4.74 Å². The van der Waals surface area contributed by atoms with E-state index in [0.29, 0.717) is 37.4 Å². The van der Waals surface area contributed by atoms with E-state index < -0.39 is 10.0 Å². The van der Waals surface area contributed by atoms with Crippen LogP contribution < -0.4 is 9.21 Å². The van der Waals surface area contributed by atoms with Crippen molar-refractivity contribution in [1.29, 1.82) is 0 Å². The van der Waals surface area contributed by atoms with Gasteiger partial charge < -0.3 is 9.64 Å². The van der Waals surface area contributed by atoms with Gasteiger partial charge in [0.1, 0.15) is 0 Å². The molecule has 11 heteroatoms. The van der Waals surface area contributed by atoms with E-state index in [1.54, 1.807) is 19.1 Å². The third kappa shape index (κ3) is 4.42. The molecule has 0 unspecified atom stereocenters. The second-order valence-corrected chi connectivity index (χ2v) is 11.1. The second kappa shape index (κ2) is 8.58. The van der Waals surface area contributed by atoms with Crippen LogP contribution in [0.25, 0.3) is 0 Å². The normalized spacial score (nSPS) is 16.9. The van der Waals surface area contributed by atoms with Gasteiger partial charge in [0, 0.05) is 25.2 Å². The first-order valence-electron chi connectivity index (χ1n) is 9.43. The van der Waals surface area contributed by atoms with Crippen molar-refractivity contribution in [1.82, 2.24) is 10.2 Å². The van der Waals surface area contributed by atoms with Gasteiger partial charge in [-0.1, -0.05) is 23.1 Å². The second-order valence-electron chi connectivity index (χ2n) is 6.73. The zero-order valence-corrected chi connectivity index (χ0v) is 18.5. The van der Waals surface area contributed by atoms with E-state index in [9.17, 15) is 13.2 Å². The van der Waals surface area contributed by atoms with Gasteiger partial charge in [-0.15, -0.1) is 10.2 Å². The van der Waals surface area contributed by atoms with Crippen LogP contribution in [-0.2, 0) is 21.2 Å². The number of ether oxygens (including phenoxy) is 1. The third-order valence-corrected chi connectivity index (χ3v) is 8.86. The highest BCUT2D eigenvalue weighted by molar-refractivity contribution is 8.01. The minimum Gasteiger partial charge on any atom is -0.378 e. The highest BCUT2D eigenvalue weighted by atomic mass is 32.2. The molecular formula is C18H22N4O4S3. The first-order chi connectivity index (χ1) is 14.0. The van der Waals surface area contributed by atoms with Crippen molar-refractivity contribution < 1.29 is 17.9 Å². The minimum atomic E-state index is -3.28. The monoisotopic (exact) mass is 454 g/mol. The van der Waals surface area contributed by atoms with Crippen molar-refractivity contribution >= 4 is 49.7 Å². The number of ketones is 1. The predicted octanol–water partition coefficient (Wildman–Crippen LogP) is 2.06. The van der Waals surface area contributed by atoms with Crippen molar-refractivity contribution in [3.63, 3.8) is 0 Å². The Hall–Kier alpha value is -1.69. The largest absolute Gasteiger partial charge is 0.378 e. The Morgan fingerprint density at radius 3 is 2.79 bits per heavy atom. The number of hydrogen-bond donors (Lipinski definition) is 0. The number of thioether (sulfide) groups is 1. The Bertz CT molecular complexity index is 1000. The molecule has 0 saturated carbocycles. The highest BCUT2D eigenvalue weighted by Gasteiger charge is 2.28. The molecule has 0 radical (unpaired) electrons. The number of aromatic nitrogens is 2. The zero-order chi connectivity index (χ0) is 20.4. The molecule has 1 aromatic carbocycles. The van der Waals surface area contributed by atoms with Crippen LogP contribution >= 0.6 is 23.1 Å². The summed E-state index contributed by atoms with van der Waals surface area (Å²) < 4.78 is 31.9. The Morgan fingerprint density at radius 2 is 2.03 bits per heavy atom. The molecule has 156 valence electrons. The number of hydrogen-bond acceptors (Lipinski definition) is 9. The average Bonchev–Trinajstić information content (AvgIpc) is 3.39. The molecule has 1 fully saturated rings. The smallest absolute Gasteiger partial charge is 0.234 e. The molecule has 0 spiro atoms. The lowest BCUT2D eigenvalue weighted by molar-refractivity contribution is 0.102. The molecule has 2 aliphatic heterocycles. The molecule has 2 aliphatic rings. The molecular weight excluding hydrogens is 432 g/mol. The third-order valence-electron chi connectivity index (χ3n) is 4.96. The number of nitrogens with zero attached hydrogens (tertiary/aromatic N) is 4. The van der Waals surface area contributed by atoms with E-state index in [1.165, 1.54) is 27.4 Å². The van der Waals surface area contributed by atoms with Gasteiger partial charge in [0.15, 0.2) is 10.1 Å². The first-order valence-corrected chi connectivity index (χ1v) is 12.8.